The minimum Gasteiger partial charge on any atom is -0.492 e. The summed E-state index contributed by atoms with van der Waals surface area (Å²) < 4.78 is 4.88. The van der Waals surface area contributed by atoms with Crippen LogP contribution in [0.4, 0.5) is 0 Å². The Morgan fingerprint density at radius 3 is 2.07 bits per heavy atom. The van der Waals surface area contributed by atoms with Crippen molar-refractivity contribution < 1.29 is 19.4 Å². The van der Waals surface area contributed by atoms with Crippen molar-refractivity contribution in [3.05, 3.63) is 22.5 Å². The van der Waals surface area contributed by atoms with Crippen molar-refractivity contribution in [1.29, 1.82) is 0 Å². The van der Waals surface area contributed by atoms with Crippen LogP contribution in [0.25, 0.3) is 0 Å². The van der Waals surface area contributed by atoms with Gasteiger partial charge in [0, 0.05) is 16.7 Å². The largest absolute Gasteiger partial charge is 0.492 e. The molecule has 15 heavy (non-hydrogen) atoms. The van der Waals surface area contributed by atoms with E-state index in [1.807, 2.05) is 0 Å². The molecule has 0 saturated heterocycles. The standard InChI is InChI=1S/C11H14O4/c1-5-8(7(3)12)9(13)6(2)11(15-4)10(5)14/h7,12H,1-4H3. The molecule has 0 aromatic rings. The van der Waals surface area contributed by atoms with Crippen molar-refractivity contribution >= 4 is 11.6 Å². The number of hydrogen-bond acceptors (Lipinski definition) is 4. The zero-order chi connectivity index (χ0) is 11.7. The number of Topliss-reactive ketones (excluding diaryl/α,β-unsaturated/α-hetero) is 2. The summed E-state index contributed by atoms with van der Waals surface area (Å²) in [6.07, 6.45) is -0.935. The molecule has 0 fully saturated rings. The molecule has 0 aromatic heterocycles. The van der Waals surface area contributed by atoms with E-state index in [1.54, 1.807) is 0 Å². The van der Waals surface area contributed by atoms with Gasteiger partial charge in [0.2, 0.25) is 5.78 Å². The Bertz CT molecular complexity index is 385. The maximum atomic E-state index is 11.8. The molecule has 0 bridgehead atoms. The summed E-state index contributed by atoms with van der Waals surface area (Å²) in [5.41, 5.74) is 0.680. The average molecular weight is 210 g/mol. The Morgan fingerprint density at radius 1 is 1.13 bits per heavy atom. The Morgan fingerprint density at radius 2 is 1.67 bits per heavy atom. The van der Waals surface area contributed by atoms with Crippen LogP contribution in [0.3, 0.4) is 0 Å². The summed E-state index contributed by atoms with van der Waals surface area (Å²) in [7, 11) is 1.35. The fourth-order valence-electron chi connectivity index (χ4n) is 1.69. The number of rotatable bonds is 2. The van der Waals surface area contributed by atoms with Crippen LogP contribution in [0.2, 0.25) is 0 Å². The summed E-state index contributed by atoms with van der Waals surface area (Å²) in [4.78, 5) is 23.5. The van der Waals surface area contributed by atoms with Crippen molar-refractivity contribution in [1.82, 2.24) is 0 Å². The van der Waals surface area contributed by atoms with E-state index >= 15 is 0 Å². The topological polar surface area (TPSA) is 63.6 Å². The van der Waals surface area contributed by atoms with Crippen LogP contribution in [-0.2, 0) is 14.3 Å². The van der Waals surface area contributed by atoms with Gasteiger partial charge in [-0.25, -0.2) is 0 Å². The summed E-state index contributed by atoms with van der Waals surface area (Å²) in [5.74, 6) is -0.577. The van der Waals surface area contributed by atoms with Gasteiger partial charge >= 0.3 is 0 Å². The zero-order valence-corrected chi connectivity index (χ0v) is 9.25. The van der Waals surface area contributed by atoms with Gasteiger partial charge in [-0.05, 0) is 20.8 Å². The molecule has 0 spiro atoms. The molecule has 0 heterocycles. The van der Waals surface area contributed by atoms with E-state index in [2.05, 4.69) is 0 Å². The lowest BCUT2D eigenvalue weighted by Crippen LogP contribution is -2.27. The molecule has 0 amide bonds. The van der Waals surface area contributed by atoms with E-state index in [0.29, 0.717) is 0 Å². The Labute approximate surface area is 88.2 Å². The molecule has 1 atom stereocenters. The Hall–Kier alpha value is -1.42. The molecule has 1 aliphatic carbocycles. The summed E-state index contributed by atoms with van der Waals surface area (Å²) in [5, 5.41) is 9.42. The molecule has 1 rings (SSSR count). The number of allylic oxidation sites excluding steroid dienone is 2. The maximum absolute atomic E-state index is 11.8. The lowest BCUT2D eigenvalue weighted by atomic mass is 9.87. The third-order valence-electron chi connectivity index (χ3n) is 2.50. The molecule has 1 N–H and O–H groups in total. The van der Waals surface area contributed by atoms with Crippen LogP contribution >= 0.6 is 0 Å². The normalized spacial score (nSPS) is 19.8. The van der Waals surface area contributed by atoms with E-state index in [0.717, 1.165) is 0 Å². The first-order valence-corrected chi connectivity index (χ1v) is 4.64. The van der Waals surface area contributed by atoms with Crippen LogP contribution in [0.15, 0.2) is 22.5 Å². The lowest BCUT2D eigenvalue weighted by molar-refractivity contribution is -0.119. The molecule has 82 valence electrons. The molecule has 1 unspecified atom stereocenters. The predicted octanol–water partition coefficient (Wildman–Crippen LogP) is 0.756. The zero-order valence-electron chi connectivity index (χ0n) is 9.25. The van der Waals surface area contributed by atoms with Gasteiger partial charge in [0.05, 0.1) is 13.2 Å². The minimum absolute atomic E-state index is 0.0712. The van der Waals surface area contributed by atoms with E-state index in [-0.39, 0.29) is 34.0 Å². The van der Waals surface area contributed by atoms with Crippen LogP contribution in [0.5, 0.6) is 0 Å². The quantitative estimate of drug-likeness (QED) is 0.683. The number of aliphatic hydroxyl groups is 1. The number of carbonyl (C=O) groups is 2. The summed E-state index contributed by atoms with van der Waals surface area (Å²) >= 11 is 0. The molecular weight excluding hydrogens is 196 g/mol. The average Bonchev–Trinajstić information content (AvgIpc) is 2.16. The molecule has 0 aliphatic heterocycles. The number of methoxy groups -OCH3 is 1. The van der Waals surface area contributed by atoms with Gasteiger partial charge < -0.3 is 9.84 Å². The molecular formula is C11H14O4. The molecule has 4 nitrogen and oxygen atoms in total. The van der Waals surface area contributed by atoms with Gasteiger partial charge in [-0.1, -0.05) is 0 Å². The second kappa shape index (κ2) is 3.98. The fourth-order valence-corrected chi connectivity index (χ4v) is 1.69. The van der Waals surface area contributed by atoms with Gasteiger partial charge in [0.25, 0.3) is 0 Å². The van der Waals surface area contributed by atoms with Gasteiger partial charge in [-0.3, -0.25) is 9.59 Å². The third kappa shape index (κ3) is 1.72. The number of ketones is 2. The van der Waals surface area contributed by atoms with Crippen molar-refractivity contribution in [2.24, 2.45) is 0 Å². The van der Waals surface area contributed by atoms with Gasteiger partial charge in [0.1, 0.15) is 0 Å². The smallest absolute Gasteiger partial charge is 0.224 e. The van der Waals surface area contributed by atoms with Crippen LogP contribution in [0, 0.1) is 0 Å². The number of hydrogen-bond donors (Lipinski definition) is 1. The highest BCUT2D eigenvalue weighted by Crippen LogP contribution is 2.26. The molecule has 1 aliphatic rings. The first kappa shape index (κ1) is 11.7. The predicted molar refractivity (Wildman–Crippen MR) is 54.1 cm³/mol. The second-order valence-electron chi connectivity index (χ2n) is 3.53. The highest BCUT2D eigenvalue weighted by molar-refractivity contribution is 6.24. The Balaban J connectivity index is 3.33. The monoisotopic (exact) mass is 210 g/mol. The number of aliphatic hydroxyl groups excluding tert-OH is 1. The van der Waals surface area contributed by atoms with Gasteiger partial charge in [-0.15, -0.1) is 0 Å². The van der Waals surface area contributed by atoms with Gasteiger partial charge in [0.15, 0.2) is 11.5 Å². The number of carbonyl (C=O) groups excluding carboxylic acids is 2. The highest BCUT2D eigenvalue weighted by Gasteiger charge is 2.32. The maximum Gasteiger partial charge on any atom is 0.224 e. The van der Waals surface area contributed by atoms with E-state index in [9.17, 15) is 14.7 Å². The summed E-state index contributed by atoms with van der Waals surface area (Å²) in [6, 6.07) is 0. The van der Waals surface area contributed by atoms with Crippen molar-refractivity contribution in [3.63, 3.8) is 0 Å². The van der Waals surface area contributed by atoms with Crippen molar-refractivity contribution in [3.8, 4) is 0 Å². The highest BCUT2D eigenvalue weighted by atomic mass is 16.5. The molecule has 0 saturated carbocycles. The lowest BCUT2D eigenvalue weighted by Gasteiger charge is -2.20. The first-order valence-electron chi connectivity index (χ1n) is 4.64. The SMILES string of the molecule is COC1=C(C)C(=O)C(C(C)O)=C(C)C1=O. The van der Waals surface area contributed by atoms with Crippen LogP contribution < -0.4 is 0 Å². The second-order valence-corrected chi connectivity index (χ2v) is 3.53. The molecule has 4 heteroatoms. The fraction of sp³-hybridized carbons (Fsp3) is 0.455. The molecule has 0 aromatic carbocycles. The Kier molecular flexibility index (Phi) is 3.09. The first-order chi connectivity index (χ1) is 6.91. The van der Waals surface area contributed by atoms with Crippen LogP contribution in [0.1, 0.15) is 20.8 Å². The van der Waals surface area contributed by atoms with Gasteiger partial charge in [-0.2, -0.15) is 0 Å². The van der Waals surface area contributed by atoms with Crippen LogP contribution in [-0.4, -0.2) is 29.9 Å². The third-order valence-corrected chi connectivity index (χ3v) is 2.50. The molecule has 0 radical (unpaired) electrons. The number of ether oxygens (including phenoxy) is 1. The minimum atomic E-state index is -0.935. The van der Waals surface area contributed by atoms with E-state index in [1.165, 1.54) is 27.9 Å². The van der Waals surface area contributed by atoms with E-state index < -0.39 is 6.10 Å². The summed E-state index contributed by atoms with van der Waals surface area (Å²) in [6.45, 7) is 4.51. The van der Waals surface area contributed by atoms with Crippen molar-refractivity contribution in [2.75, 3.05) is 7.11 Å². The van der Waals surface area contributed by atoms with E-state index in [4.69, 9.17) is 4.74 Å². The van der Waals surface area contributed by atoms with Crippen molar-refractivity contribution in [2.45, 2.75) is 26.9 Å².